The zero-order valence-corrected chi connectivity index (χ0v) is 6.95. The van der Waals surface area contributed by atoms with Gasteiger partial charge in [-0.3, -0.25) is 0 Å². The second-order valence-electron chi connectivity index (χ2n) is 2.87. The van der Waals surface area contributed by atoms with Crippen molar-refractivity contribution in [3.8, 4) is 0 Å². The molecule has 0 aromatic rings. The normalized spacial score (nSPS) is 22.7. The standard InChI is InChI=1S/C7H11F2NO3/c8-6(9)13-4-5-2-1-3-10(5)7(11)12/h5-6H,1-4H2,(H,11,12). The Morgan fingerprint density at radius 1 is 1.69 bits per heavy atom. The van der Waals surface area contributed by atoms with E-state index in [1.165, 1.54) is 0 Å². The SMILES string of the molecule is O=C(O)N1CCCC1COC(F)F. The van der Waals surface area contributed by atoms with Crippen molar-refractivity contribution in [1.29, 1.82) is 0 Å². The summed E-state index contributed by atoms with van der Waals surface area (Å²) >= 11 is 0. The Labute approximate surface area is 74.1 Å². The monoisotopic (exact) mass is 195 g/mol. The van der Waals surface area contributed by atoms with Gasteiger partial charge in [0.25, 0.3) is 0 Å². The number of alkyl halides is 2. The van der Waals surface area contributed by atoms with E-state index < -0.39 is 18.7 Å². The summed E-state index contributed by atoms with van der Waals surface area (Å²) in [6, 6.07) is -0.411. The van der Waals surface area contributed by atoms with Crippen LogP contribution < -0.4 is 0 Å². The average molecular weight is 195 g/mol. The van der Waals surface area contributed by atoms with Gasteiger partial charge in [0.1, 0.15) is 0 Å². The molecule has 1 N–H and O–H groups in total. The molecular formula is C7H11F2NO3. The molecule has 1 fully saturated rings. The van der Waals surface area contributed by atoms with Crippen molar-refractivity contribution in [3.05, 3.63) is 0 Å². The maximum absolute atomic E-state index is 11.6. The number of hydrogen-bond donors (Lipinski definition) is 1. The van der Waals surface area contributed by atoms with Crippen LogP contribution in [0, 0.1) is 0 Å². The Hall–Kier alpha value is -0.910. The van der Waals surface area contributed by atoms with Crippen molar-refractivity contribution < 1.29 is 23.4 Å². The summed E-state index contributed by atoms with van der Waals surface area (Å²) in [4.78, 5) is 11.7. The number of rotatable bonds is 3. The maximum atomic E-state index is 11.6. The van der Waals surface area contributed by atoms with Crippen LogP contribution in [0.5, 0.6) is 0 Å². The fraction of sp³-hybridized carbons (Fsp3) is 0.857. The summed E-state index contributed by atoms with van der Waals surface area (Å²) in [6.07, 6.45) is 0.239. The largest absolute Gasteiger partial charge is 0.465 e. The summed E-state index contributed by atoms with van der Waals surface area (Å²) in [5, 5.41) is 8.63. The fourth-order valence-electron chi connectivity index (χ4n) is 1.44. The Morgan fingerprint density at radius 3 is 2.92 bits per heavy atom. The van der Waals surface area contributed by atoms with E-state index >= 15 is 0 Å². The predicted octanol–water partition coefficient (Wildman–Crippen LogP) is 1.37. The first-order chi connectivity index (χ1) is 6.11. The molecule has 13 heavy (non-hydrogen) atoms. The third-order valence-electron chi connectivity index (χ3n) is 2.04. The van der Waals surface area contributed by atoms with E-state index in [0.717, 1.165) is 4.90 Å². The fourth-order valence-corrected chi connectivity index (χ4v) is 1.44. The molecule has 1 rings (SSSR count). The maximum Gasteiger partial charge on any atom is 0.407 e. The van der Waals surface area contributed by atoms with Crippen LogP contribution in [-0.2, 0) is 4.74 Å². The number of halogens is 2. The van der Waals surface area contributed by atoms with Crippen LogP contribution >= 0.6 is 0 Å². The van der Waals surface area contributed by atoms with Gasteiger partial charge in [-0.15, -0.1) is 0 Å². The van der Waals surface area contributed by atoms with E-state index in [1.807, 2.05) is 0 Å². The van der Waals surface area contributed by atoms with Gasteiger partial charge >= 0.3 is 12.7 Å². The minimum Gasteiger partial charge on any atom is -0.465 e. The van der Waals surface area contributed by atoms with E-state index in [4.69, 9.17) is 5.11 Å². The van der Waals surface area contributed by atoms with Gasteiger partial charge in [-0.05, 0) is 12.8 Å². The van der Waals surface area contributed by atoms with Crippen LogP contribution in [-0.4, -0.2) is 41.9 Å². The van der Waals surface area contributed by atoms with Crippen LogP contribution in [0.15, 0.2) is 0 Å². The first-order valence-electron chi connectivity index (χ1n) is 4.00. The van der Waals surface area contributed by atoms with Crippen molar-refractivity contribution in [2.24, 2.45) is 0 Å². The zero-order chi connectivity index (χ0) is 9.84. The van der Waals surface area contributed by atoms with Crippen LogP contribution in [0.2, 0.25) is 0 Å². The van der Waals surface area contributed by atoms with Crippen LogP contribution in [0.4, 0.5) is 13.6 Å². The molecule has 1 amide bonds. The lowest BCUT2D eigenvalue weighted by Crippen LogP contribution is -2.37. The molecule has 4 nitrogen and oxygen atoms in total. The van der Waals surface area contributed by atoms with Crippen molar-refractivity contribution in [1.82, 2.24) is 4.90 Å². The molecular weight excluding hydrogens is 184 g/mol. The van der Waals surface area contributed by atoms with E-state index in [-0.39, 0.29) is 6.61 Å². The molecule has 0 spiro atoms. The van der Waals surface area contributed by atoms with Crippen LogP contribution in [0.1, 0.15) is 12.8 Å². The molecule has 0 aromatic heterocycles. The molecule has 1 atom stereocenters. The summed E-state index contributed by atoms with van der Waals surface area (Å²) in [6.45, 7) is -2.63. The number of amides is 1. The van der Waals surface area contributed by atoms with Gasteiger partial charge in [0.05, 0.1) is 12.6 Å². The molecule has 6 heteroatoms. The third-order valence-corrected chi connectivity index (χ3v) is 2.04. The highest BCUT2D eigenvalue weighted by molar-refractivity contribution is 5.65. The van der Waals surface area contributed by atoms with E-state index in [2.05, 4.69) is 4.74 Å². The highest BCUT2D eigenvalue weighted by Crippen LogP contribution is 2.18. The lowest BCUT2D eigenvalue weighted by molar-refractivity contribution is -0.137. The molecule has 0 saturated carbocycles. The first-order valence-corrected chi connectivity index (χ1v) is 4.00. The highest BCUT2D eigenvalue weighted by atomic mass is 19.3. The summed E-state index contributed by atoms with van der Waals surface area (Å²) in [5.41, 5.74) is 0. The van der Waals surface area contributed by atoms with E-state index in [0.29, 0.717) is 19.4 Å². The van der Waals surface area contributed by atoms with Gasteiger partial charge < -0.3 is 14.7 Å². The quantitative estimate of drug-likeness (QED) is 0.739. The molecule has 76 valence electrons. The van der Waals surface area contributed by atoms with Crippen molar-refractivity contribution in [2.45, 2.75) is 25.5 Å². The smallest absolute Gasteiger partial charge is 0.407 e. The molecule has 1 aliphatic rings. The topological polar surface area (TPSA) is 49.8 Å². The number of carboxylic acid groups (broad SMARTS) is 1. The predicted molar refractivity (Wildman–Crippen MR) is 39.7 cm³/mol. The third kappa shape index (κ3) is 2.80. The Balaban J connectivity index is 2.35. The summed E-state index contributed by atoms with van der Waals surface area (Å²) in [5.74, 6) is 0. The number of likely N-dealkylation sites (tertiary alicyclic amines) is 1. The number of nitrogens with zero attached hydrogens (tertiary/aromatic N) is 1. The minimum absolute atomic E-state index is 0.218. The Bertz CT molecular complexity index is 189. The van der Waals surface area contributed by atoms with Gasteiger partial charge in [0.15, 0.2) is 0 Å². The first kappa shape index (κ1) is 10.2. The second kappa shape index (κ2) is 4.36. The minimum atomic E-state index is -2.82. The average Bonchev–Trinajstić information content (AvgIpc) is 2.47. The zero-order valence-electron chi connectivity index (χ0n) is 6.95. The number of carbonyl (C=O) groups is 1. The van der Waals surface area contributed by atoms with Gasteiger partial charge in [0, 0.05) is 6.54 Å². The molecule has 0 bridgehead atoms. The lowest BCUT2D eigenvalue weighted by Gasteiger charge is -2.20. The van der Waals surface area contributed by atoms with E-state index in [9.17, 15) is 13.6 Å². The Kier molecular flexibility index (Phi) is 3.41. The molecule has 0 aromatic carbocycles. The highest BCUT2D eigenvalue weighted by Gasteiger charge is 2.29. The van der Waals surface area contributed by atoms with Crippen molar-refractivity contribution >= 4 is 6.09 Å². The van der Waals surface area contributed by atoms with Crippen molar-refractivity contribution in [3.63, 3.8) is 0 Å². The van der Waals surface area contributed by atoms with E-state index in [1.54, 1.807) is 0 Å². The number of ether oxygens (including phenoxy) is 1. The summed E-state index contributed by atoms with van der Waals surface area (Å²) < 4.78 is 27.3. The lowest BCUT2D eigenvalue weighted by atomic mass is 10.2. The number of hydrogen-bond acceptors (Lipinski definition) is 2. The van der Waals surface area contributed by atoms with Gasteiger partial charge in [-0.25, -0.2) is 4.79 Å². The molecule has 0 aliphatic carbocycles. The second-order valence-corrected chi connectivity index (χ2v) is 2.87. The summed E-state index contributed by atoms with van der Waals surface area (Å²) in [7, 11) is 0. The molecule has 1 aliphatic heterocycles. The molecule has 1 unspecified atom stereocenters. The van der Waals surface area contributed by atoms with Crippen LogP contribution in [0.25, 0.3) is 0 Å². The molecule has 1 heterocycles. The molecule has 1 saturated heterocycles. The van der Waals surface area contributed by atoms with Crippen LogP contribution in [0.3, 0.4) is 0 Å². The molecule has 0 radical (unpaired) electrons. The Morgan fingerprint density at radius 2 is 2.38 bits per heavy atom. The van der Waals surface area contributed by atoms with Gasteiger partial charge in [-0.1, -0.05) is 0 Å². The van der Waals surface area contributed by atoms with Gasteiger partial charge in [-0.2, -0.15) is 8.78 Å². The van der Waals surface area contributed by atoms with Gasteiger partial charge in [0.2, 0.25) is 0 Å². The van der Waals surface area contributed by atoms with Crippen molar-refractivity contribution in [2.75, 3.05) is 13.2 Å².